The number of carbonyl (C=O) groups is 1. The van der Waals surface area contributed by atoms with E-state index in [2.05, 4.69) is 20.5 Å². The highest BCUT2D eigenvalue weighted by atomic mass is 35.5. The summed E-state index contributed by atoms with van der Waals surface area (Å²) in [5.74, 6) is -0.283. The molecule has 2 heterocycles. The molecule has 156 valence electrons. The van der Waals surface area contributed by atoms with E-state index >= 15 is 0 Å². The molecule has 0 fully saturated rings. The van der Waals surface area contributed by atoms with Gasteiger partial charge in [-0.2, -0.15) is 13.2 Å². The SMILES string of the molecule is O=C(/C=C/c1ncc(-c2nnc(CO)o2)cc1Cl)NCc1ccc(C(F)(F)F)cc1. The number of alkyl halides is 3. The fourth-order valence-corrected chi connectivity index (χ4v) is 2.57. The minimum atomic E-state index is -4.41. The molecule has 0 spiro atoms. The molecule has 7 nitrogen and oxygen atoms in total. The van der Waals surface area contributed by atoms with Gasteiger partial charge >= 0.3 is 6.18 Å². The van der Waals surface area contributed by atoms with Crippen molar-refractivity contribution in [2.45, 2.75) is 19.3 Å². The number of nitrogens with zero attached hydrogens (tertiary/aromatic N) is 3. The van der Waals surface area contributed by atoms with Crippen LogP contribution in [-0.4, -0.2) is 26.2 Å². The van der Waals surface area contributed by atoms with Gasteiger partial charge in [0.1, 0.15) is 6.61 Å². The molecule has 3 rings (SSSR count). The van der Waals surface area contributed by atoms with E-state index in [1.807, 2.05) is 0 Å². The number of rotatable bonds is 6. The van der Waals surface area contributed by atoms with E-state index < -0.39 is 24.3 Å². The van der Waals surface area contributed by atoms with Crippen molar-refractivity contribution in [3.05, 3.63) is 70.3 Å². The first-order valence-electron chi connectivity index (χ1n) is 8.47. The predicted octanol–water partition coefficient (Wildman–Crippen LogP) is 3.63. The monoisotopic (exact) mass is 438 g/mol. The maximum absolute atomic E-state index is 12.5. The molecule has 0 atom stereocenters. The molecule has 1 amide bonds. The largest absolute Gasteiger partial charge is 0.418 e. The highest BCUT2D eigenvalue weighted by Gasteiger charge is 2.29. The van der Waals surface area contributed by atoms with Crippen LogP contribution in [0.25, 0.3) is 17.5 Å². The molecule has 30 heavy (non-hydrogen) atoms. The van der Waals surface area contributed by atoms with Gasteiger partial charge in [0.25, 0.3) is 0 Å². The maximum Gasteiger partial charge on any atom is 0.416 e. The van der Waals surface area contributed by atoms with Gasteiger partial charge in [0.2, 0.25) is 17.7 Å². The average Bonchev–Trinajstić information content (AvgIpc) is 3.20. The summed E-state index contributed by atoms with van der Waals surface area (Å²) in [6, 6.07) is 6.02. The summed E-state index contributed by atoms with van der Waals surface area (Å²) in [7, 11) is 0. The van der Waals surface area contributed by atoms with Crippen LogP contribution in [0.15, 0.2) is 47.0 Å². The van der Waals surface area contributed by atoms with Crippen LogP contribution in [0.4, 0.5) is 13.2 Å². The number of pyridine rings is 1. The number of hydrogen-bond acceptors (Lipinski definition) is 6. The first-order chi connectivity index (χ1) is 14.3. The van der Waals surface area contributed by atoms with Crippen molar-refractivity contribution in [1.29, 1.82) is 0 Å². The average molecular weight is 439 g/mol. The van der Waals surface area contributed by atoms with Crippen molar-refractivity contribution in [3.8, 4) is 11.5 Å². The molecule has 0 unspecified atom stereocenters. The van der Waals surface area contributed by atoms with Crippen molar-refractivity contribution in [3.63, 3.8) is 0 Å². The molecular formula is C19H14ClF3N4O3. The fraction of sp³-hybridized carbons (Fsp3) is 0.158. The summed E-state index contributed by atoms with van der Waals surface area (Å²) in [6.45, 7) is -0.331. The zero-order valence-electron chi connectivity index (χ0n) is 15.2. The van der Waals surface area contributed by atoms with Crippen LogP contribution in [0, 0.1) is 0 Å². The van der Waals surface area contributed by atoms with Crippen molar-refractivity contribution in [2.24, 2.45) is 0 Å². The van der Waals surface area contributed by atoms with E-state index in [0.717, 1.165) is 12.1 Å². The van der Waals surface area contributed by atoms with Crippen LogP contribution in [0.1, 0.15) is 22.7 Å². The molecule has 11 heteroatoms. The fourth-order valence-electron chi connectivity index (χ4n) is 2.34. The Morgan fingerprint density at radius 3 is 2.57 bits per heavy atom. The summed E-state index contributed by atoms with van der Waals surface area (Å²) in [6.07, 6.45) is -0.396. The molecule has 0 saturated heterocycles. The zero-order chi connectivity index (χ0) is 21.7. The number of aromatic nitrogens is 3. The van der Waals surface area contributed by atoms with Crippen molar-refractivity contribution >= 4 is 23.6 Å². The molecule has 0 aliphatic heterocycles. The molecular weight excluding hydrogens is 425 g/mol. The minimum Gasteiger partial charge on any atom is -0.418 e. The summed E-state index contributed by atoms with van der Waals surface area (Å²) in [4.78, 5) is 16.1. The second-order valence-corrected chi connectivity index (χ2v) is 6.40. The Balaban J connectivity index is 1.59. The van der Waals surface area contributed by atoms with Crippen LogP contribution >= 0.6 is 11.6 Å². The van der Waals surface area contributed by atoms with E-state index in [9.17, 15) is 18.0 Å². The Bertz CT molecular complexity index is 1070. The molecule has 2 aromatic heterocycles. The lowest BCUT2D eigenvalue weighted by molar-refractivity contribution is -0.137. The third-order valence-electron chi connectivity index (χ3n) is 3.86. The van der Waals surface area contributed by atoms with Crippen LogP contribution in [-0.2, 0) is 24.1 Å². The summed E-state index contributed by atoms with van der Waals surface area (Å²) in [5, 5.41) is 19.1. The van der Waals surface area contributed by atoms with Gasteiger partial charge in [-0.1, -0.05) is 23.7 Å². The second-order valence-electron chi connectivity index (χ2n) is 6.00. The lowest BCUT2D eigenvalue weighted by Crippen LogP contribution is -2.20. The molecule has 3 aromatic rings. The third kappa shape index (κ3) is 5.43. The van der Waals surface area contributed by atoms with Gasteiger partial charge in [0.15, 0.2) is 0 Å². The summed E-state index contributed by atoms with van der Waals surface area (Å²) < 4.78 is 42.8. The summed E-state index contributed by atoms with van der Waals surface area (Å²) >= 11 is 6.15. The topological polar surface area (TPSA) is 101 Å². The smallest absolute Gasteiger partial charge is 0.416 e. The predicted molar refractivity (Wildman–Crippen MR) is 101 cm³/mol. The van der Waals surface area contributed by atoms with E-state index in [0.29, 0.717) is 16.8 Å². The van der Waals surface area contributed by atoms with Crippen LogP contribution < -0.4 is 5.32 Å². The third-order valence-corrected chi connectivity index (χ3v) is 4.16. The number of amides is 1. The van der Waals surface area contributed by atoms with Crippen molar-refractivity contribution in [2.75, 3.05) is 0 Å². The summed E-state index contributed by atoms with van der Waals surface area (Å²) in [5.41, 5.74) is 0.518. The van der Waals surface area contributed by atoms with E-state index in [1.54, 1.807) is 0 Å². The zero-order valence-corrected chi connectivity index (χ0v) is 15.9. The van der Waals surface area contributed by atoms with Gasteiger partial charge in [-0.3, -0.25) is 9.78 Å². The number of aliphatic hydroxyl groups excluding tert-OH is 1. The molecule has 2 N–H and O–H groups in total. The van der Waals surface area contributed by atoms with Gasteiger partial charge in [0.05, 0.1) is 21.8 Å². The Morgan fingerprint density at radius 1 is 1.23 bits per heavy atom. The van der Waals surface area contributed by atoms with Crippen molar-refractivity contribution in [1.82, 2.24) is 20.5 Å². The van der Waals surface area contributed by atoms with E-state index in [-0.39, 0.29) is 23.3 Å². The van der Waals surface area contributed by atoms with Gasteiger partial charge in [-0.25, -0.2) is 0 Å². The standard InChI is InChI=1S/C19H14ClF3N4O3/c20-14-7-12(18-27-26-17(10-28)30-18)9-24-15(14)5-6-16(29)25-8-11-1-3-13(4-2-11)19(21,22)23/h1-7,9,28H,8,10H2,(H,25,29)/b6-5+. The van der Waals surface area contributed by atoms with Gasteiger partial charge < -0.3 is 14.8 Å². The second kappa shape index (κ2) is 9.06. The van der Waals surface area contributed by atoms with Gasteiger partial charge in [-0.15, -0.1) is 10.2 Å². The first kappa shape index (κ1) is 21.5. The maximum atomic E-state index is 12.5. The van der Waals surface area contributed by atoms with Crippen LogP contribution in [0.5, 0.6) is 0 Å². The molecule has 1 aromatic carbocycles. The van der Waals surface area contributed by atoms with Crippen LogP contribution in [0.3, 0.4) is 0 Å². The molecule has 0 radical (unpaired) electrons. The van der Waals surface area contributed by atoms with E-state index in [4.69, 9.17) is 21.1 Å². The lowest BCUT2D eigenvalue weighted by Gasteiger charge is -2.08. The Hall–Kier alpha value is -3.24. The number of nitrogens with one attached hydrogen (secondary N) is 1. The highest BCUT2D eigenvalue weighted by molar-refractivity contribution is 6.32. The first-order valence-corrected chi connectivity index (χ1v) is 8.85. The van der Waals surface area contributed by atoms with E-state index in [1.165, 1.54) is 36.5 Å². The molecule has 0 saturated carbocycles. The number of benzene rings is 1. The lowest BCUT2D eigenvalue weighted by atomic mass is 10.1. The number of carbonyl (C=O) groups excluding carboxylic acids is 1. The highest BCUT2D eigenvalue weighted by Crippen LogP contribution is 2.29. The Kier molecular flexibility index (Phi) is 6.48. The molecule has 0 aliphatic rings. The number of hydrogen-bond donors (Lipinski definition) is 2. The Morgan fingerprint density at radius 2 is 1.97 bits per heavy atom. The number of halogens is 4. The normalized spacial score (nSPS) is 11.8. The molecule has 0 aliphatic carbocycles. The Labute approximate surface area is 173 Å². The van der Waals surface area contributed by atoms with Gasteiger partial charge in [-0.05, 0) is 29.8 Å². The van der Waals surface area contributed by atoms with Gasteiger partial charge in [0, 0.05) is 18.8 Å². The quantitative estimate of drug-likeness (QED) is 0.570. The number of aliphatic hydroxyl groups is 1. The van der Waals surface area contributed by atoms with Crippen LogP contribution in [0.2, 0.25) is 5.02 Å². The molecule has 0 bridgehead atoms. The minimum absolute atomic E-state index is 0.0508. The van der Waals surface area contributed by atoms with Crippen molar-refractivity contribution < 1.29 is 27.5 Å².